The molecule has 22 heteroatoms. The molecule has 0 bridgehead atoms. The van der Waals surface area contributed by atoms with Crippen molar-refractivity contribution in [1.29, 1.82) is 0 Å². The van der Waals surface area contributed by atoms with Crippen LogP contribution in [-0.4, -0.2) is 177 Å². The van der Waals surface area contributed by atoms with Gasteiger partial charge in [-0.3, -0.25) is 48.1 Å². The molecule has 0 aliphatic carbocycles. The number of ether oxygens (including phenoxy) is 2. The molecular weight excluding hydrogens is 1620 g/mol. The van der Waals surface area contributed by atoms with Crippen molar-refractivity contribution >= 4 is 59.3 Å². The van der Waals surface area contributed by atoms with Crippen molar-refractivity contribution in [3.05, 3.63) is 71.8 Å². The molecule has 0 spiro atoms. The number of urea groups is 1. The number of carbonyl (C=O) groups is 10. The zero-order valence-corrected chi connectivity index (χ0v) is 82.7. The summed E-state index contributed by atoms with van der Waals surface area (Å²) in [5, 5.41) is 15.3. The van der Waals surface area contributed by atoms with E-state index in [1.807, 2.05) is 70.5 Å². The van der Waals surface area contributed by atoms with Crippen LogP contribution < -0.4 is 31.9 Å². The molecule has 0 aliphatic rings. The number of hydrogen-bond acceptors (Lipinski definition) is 13. The standard InChI is InChI=1S/C107H190N10O12/c1-5-9-13-17-21-25-29-33-37-41-45-49-53-57-61-71-79-115(80-72-62-58-54-50-46-42-38-34-30-26-22-18-14-10-6-2)103(123)92-114(91-102(122)110-87-98(118)108-85-99(119)111-89-105(125)128-94-96-75-67-65-68-76-96)83-84-117(107(127)113-88-101(121)109-86-100(120)112-90-106(126)129-95-97-77-69-66-70-78-97)93-104(124)116(81-73-63-59-55-51-47-43-39-35-31-27-23-19-15-11-7-3)82-74-64-60-56-52-48-44-40-36-32-28-24-20-16-12-8-4/h65-70,75-78H,5-64,71-74,79-95H2,1-4H3,(H,108,118)(H,109,121)(H,110,122)(H,111,119)(H,112,120)(H,113,127). The lowest BCUT2D eigenvalue weighted by atomic mass is 10.0. The van der Waals surface area contributed by atoms with Crippen molar-refractivity contribution in [3.63, 3.8) is 0 Å². The number of esters is 2. The molecule has 22 nitrogen and oxygen atoms in total. The molecule has 0 atom stereocenters. The fraction of sp³-hybridized carbons (Fsp3) is 0.794. The summed E-state index contributed by atoms with van der Waals surface area (Å²) < 4.78 is 10.6. The first-order valence-electron chi connectivity index (χ1n) is 53.2. The highest BCUT2D eigenvalue weighted by Gasteiger charge is 2.26. The van der Waals surface area contributed by atoms with Crippen LogP contribution in [0.25, 0.3) is 0 Å². The Bertz CT molecular complexity index is 2970. The predicted octanol–water partition coefficient (Wildman–Crippen LogP) is 23.1. The van der Waals surface area contributed by atoms with Gasteiger partial charge in [-0.1, -0.05) is 474 Å². The van der Waals surface area contributed by atoms with Crippen molar-refractivity contribution in [2.24, 2.45) is 0 Å². The minimum absolute atomic E-state index is 0.0276. The van der Waals surface area contributed by atoms with Crippen LogP contribution in [0, 0.1) is 0 Å². The number of rotatable bonds is 93. The van der Waals surface area contributed by atoms with Crippen LogP contribution in [0.5, 0.6) is 0 Å². The highest BCUT2D eigenvalue weighted by atomic mass is 16.5. The maximum atomic E-state index is 15.2. The van der Waals surface area contributed by atoms with Crippen LogP contribution in [0.2, 0.25) is 0 Å². The molecule has 0 unspecified atom stereocenters. The van der Waals surface area contributed by atoms with E-state index in [0.29, 0.717) is 26.2 Å². The first kappa shape index (κ1) is 118. The van der Waals surface area contributed by atoms with Crippen molar-refractivity contribution in [1.82, 2.24) is 51.5 Å². The third kappa shape index (κ3) is 76.1. The predicted molar refractivity (Wildman–Crippen MR) is 530 cm³/mol. The quantitative estimate of drug-likeness (QED) is 0.0266. The van der Waals surface area contributed by atoms with Gasteiger partial charge in [0.1, 0.15) is 32.8 Å². The molecule has 0 saturated carbocycles. The number of carbonyl (C=O) groups excluding carboxylic acids is 10. The Hall–Kier alpha value is -7.10. The van der Waals surface area contributed by atoms with Crippen LogP contribution >= 0.6 is 0 Å². The Morgan fingerprint density at radius 2 is 0.434 bits per heavy atom. The van der Waals surface area contributed by atoms with E-state index >= 15 is 9.59 Å². The van der Waals surface area contributed by atoms with Crippen LogP contribution in [0.1, 0.15) is 450 Å². The van der Waals surface area contributed by atoms with Gasteiger partial charge >= 0.3 is 18.0 Å². The Balaban J connectivity index is 2.48. The first-order chi connectivity index (χ1) is 63.2. The average molecular weight is 1810 g/mol. The number of hydrogen-bond donors (Lipinski definition) is 6. The number of nitrogens with one attached hydrogen (secondary N) is 6. The van der Waals surface area contributed by atoms with E-state index in [2.05, 4.69) is 59.6 Å². The summed E-state index contributed by atoms with van der Waals surface area (Å²) in [5.41, 5.74) is 1.57. The van der Waals surface area contributed by atoms with Crippen molar-refractivity contribution in [2.45, 2.75) is 452 Å². The lowest BCUT2D eigenvalue weighted by Gasteiger charge is -2.31. The van der Waals surface area contributed by atoms with E-state index in [4.69, 9.17) is 9.47 Å². The van der Waals surface area contributed by atoms with Gasteiger partial charge in [-0.25, -0.2) is 4.79 Å². The highest BCUT2D eigenvalue weighted by molar-refractivity contribution is 5.91. The summed E-state index contributed by atoms with van der Waals surface area (Å²) in [5.74, 6) is -5.04. The molecule has 740 valence electrons. The van der Waals surface area contributed by atoms with Crippen LogP contribution in [0.3, 0.4) is 0 Å². The smallest absolute Gasteiger partial charge is 0.325 e. The molecule has 0 aromatic heterocycles. The van der Waals surface area contributed by atoms with Crippen LogP contribution in [-0.2, 0) is 65.8 Å². The molecule has 9 amide bonds. The minimum atomic E-state index is -0.747. The molecule has 0 aliphatic heterocycles. The zero-order chi connectivity index (χ0) is 93.2. The molecule has 2 rings (SSSR count). The van der Waals surface area contributed by atoms with E-state index in [1.165, 1.54) is 313 Å². The topological polar surface area (TPSA) is 274 Å². The third-order valence-electron chi connectivity index (χ3n) is 24.9. The van der Waals surface area contributed by atoms with Crippen molar-refractivity contribution < 1.29 is 57.4 Å². The van der Waals surface area contributed by atoms with Gasteiger partial charge in [0.15, 0.2) is 0 Å². The monoisotopic (exact) mass is 1810 g/mol. The summed E-state index contributed by atoms with van der Waals surface area (Å²) in [6, 6.07) is 17.5. The summed E-state index contributed by atoms with van der Waals surface area (Å²) in [6.07, 6.45) is 78.5. The van der Waals surface area contributed by atoms with E-state index in [9.17, 15) is 38.4 Å². The molecule has 0 radical (unpaired) electrons. The van der Waals surface area contributed by atoms with Gasteiger partial charge < -0.3 is 56.1 Å². The molecule has 0 saturated heterocycles. The van der Waals surface area contributed by atoms with Gasteiger partial charge in [0.25, 0.3) is 0 Å². The fourth-order valence-electron chi connectivity index (χ4n) is 16.6. The summed E-state index contributed by atoms with van der Waals surface area (Å²) >= 11 is 0. The number of benzene rings is 2. The maximum Gasteiger partial charge on any atom is 0.325 e. The summed E-state index contributed by atoms with van der Waals surface area (Å²) in [7, 11) is 0. The van der Waals surface area contributed by atoms with Gasteiger partial charge in [-0.15, -0.1) is 0 Å². The van der Waals surface area contributed by atoms with Gasteiger partial charge in [-0.05, 0) is 36.8 Å². The van der Waals surface area contributed by atoms with Crippen LogP contribution in [0.4, 0.5) is 4.79 Å². The van der Waals surface area contributed by atoms with Gasteiger partial charge in [0.2, 0.25) is 41.4 Å². The molecular formula is C107H190N10O12. The van der Waals surface area contributed by atoms with E-state index in [1.54, 1.807) is 4.90 Å². The highest BCUT2D eigenvalue weighted by Crippen LogP contribution is 2.21. The molecule has 129 heavy (non-hydrogen) atoms. The molecule has 0 heterocycles. The van der Waals surface area contributed by atoms with Gasteiger partial charge in [0.05, 0.1) is 39.3 Å². The molecule has 2 aromatic rings. The third-order valence-corrected chi connectivity index (χ3v) is 24.9. The normalized spacial score (nSPS) is 11.2. The lowest BCUT2D eigenvalue weighted by molar-refractivity contribution is -0.145. The summed E-state index contributed by atoms with van der Waals surface area (Å²) in [6.45, 7) is 7.16. The average Bonchev–Trinajstić information content (AvgIpc) is 0.870. The Labute approximate surface area is 785 Å². The van der Waals surface area contributed by atoms with Crippen molar-refractivity contribution in [2.75, 3.05) is 98.2 Å². The molecule has 0 fully saturated rings. The summed E-state index contributed by atoms with van der Waals surface area (Å²) in [4.78, 5) is 144. The minimum Gasteiger partial charge on any atom is -0.460 e. The lowest BCUT2D eigenvalue weighted by Crippen LogP contribution is -2.53. The van der Waals surface area contributed by atoms with Crippen molar-refractivity contribution in [3.8, 4) is 0 Å². The first-order valence-corrected chi connectivity index (χ1v) is 53.2. The number of nitrogens with zero attached hydrogens (tertiary/aromatic N) is 4. The fourth-order valence-corrected chi connectivity index (χ4v) is 16.6. The molecule has 6 N–H and O–H groups in total. The largest absolute Gasteiger partial charge is 0.460 e. The Kier molecular flexibility index (Phi) is 81.2. The van der Waals surface area contributed by atoms with E-state index < -0.39 is 86.8 Å². The van der Waals surface area contributed by atoms with E-state index in [-0.39, 0.29) is 57.8 Å². The van der Waals surface area contributed by atoms with E-state index in [0.717, 1.165) is 114 Å². The second kappa shape index (κ2) is 88.8. The van der Waals surface area contributed by atoms with Crippen LogP contribution in [0.15, 0.2) is 60.7 Å². The SMILES string of the molecule is CCCCCCCCCCCCCCCCCCN(CCCCCCCCCCCCCCCCCC)C(=O)CN(CCN(CC(=O)N(CCCCCCCCCCCCCCCCCC)CCCCCCCCCCCCCCCCCC)C(=O)NCC(=O)NCC(=O)NCC(=O)OCc1ccccc1)CC(=O)NCC(=O)NCC(=O)NCC(=O)OCc1ccccc1. The number of unbranched alkanes of at least 4 members (excludes halogenated alkanes) is 60. The maximum absolute atomic E-state index is 15.2. The molecule has 2 aromatic carbocycles. The van der Waals surface area contributed by atoms with Gasteiger partial charge in [-0.2, -0.15) is 0 Å². The Morgan fingerprint density at radius 1 is 0.217 bits per heavy atom. The zero-order valence-electron chi connectivity index (χ0n) is 82.7. The number of amides is 9. The van der Waals surface area contributed by atoms with Gasteiger partial charge in [0, 0.05) is 39.3 Å². The second-order valence-electron chi connectivity index (χ2n) is 36.9. The Morgan fingerprint density at radius 3 is 0.690 bits per heavy atom. The second-order valence-corrected chi connectivity index (χ2v) is 36.9.